The third-order valence-corrected chi connectivity index (χ3v) is 3.31. The van der Waals surface area contributed by atoms with Gasteiger partial charge in [-0.2, -0.15) is 0 Å². The molecule has 1 amide bonds. The van der Waals surface area contributed by atoms with Gasteiger partial charge in [0.25, 0.3) is 5.91 Å². The van der Waals surface area contributed by atoms with E-state index in [1.54, 1.807) is 49.4 Å². The molecule has 3 aromatic rings. The van der Waals surface area contributed by atoms with Crippen LogP contribution in [0.1, 0.15) is 16.1 Å². The van der Waals surface area contributed by atoms with Crippen LogP contribution in [0.4, 0.5) is 5.82 Å². The van der Waals surface area contributed by atoms with Gasteiger partial charge in [-0.3, -0.25) is 4.79 Å². The molecule has 0 aliphatic carbocycles. The number of anilines is 1. The summed E-state index contributed by atoms with van der Waals surface area (Å²) >= 11 is 0. The van der Waals surface area contributed by atoms with Gasteiger partial charge in [-0.05, 0) is 31.2 Å². The third-order valence-electron chi connectivity index (χ3n) is 3.31. The number of hydrogen-bond acceptors (Lipinski definition) is 6. The zero-order valence-corrected chi connectivity index (χ0v) is 14.0. The predicted octanol–water partition coefficient (Wildman–Crippen LogP) is 3.57. The van der Waals surface area contributed by atoms with Crippen molar-refractivity contribution in [1.29, 1.82) is 0 Å². The van der Waals surface area contributed by atoms with Crippen LogP contribution in [0.15, 0.2) is 65.2 Å². The van der Waals surface area contributed by atoms with Crippen molar-refractivity contribution in [3.05, 3.63) is 72.0 Å². The first kappa shape index (κ1) is 17.2. The van der Waals surface area contributed by atoms with Crippen molar-refractivity contribution in [2.75, 3.05) is 11.9 Å². The summed E-state index contributed by atoms with van der Waals surface area (Å²) in [6.45, 7) is 1.25. The van der Waals surface area contributed by atoms with Crippen molar-refractivity contribution in [3.8, 4) is 11.5 Å². The molecular weight excluding hydrogens is 336 g/mol. The molecule has 7 heteroatoms. The van der Waals surface area contributed by atoms with Gasteiger partial charge in [-0.1, -0.05) is 35.5 Å². The van der Waals surface area contributed by atoms with Gasteiger partial charge in [0.05, 0.1) is 0 Å². The average molecular weight is 352 g/mol. The smallest absolute Gasteiger partial charge is 0.342 e. The van der Waals surface area contributed by atoms with E-state index in [1.165, 1.54) is 0 Å². The van der Waals surface area contributed by atoms with Crippen LogP contribution in [0.25, 0.3) is 0 Å². The number of ether oxygens (including phenoxy) is 2. The Balaban J connectivity index is 1.62. The molecule has 2 aromatic carbocycles. The molecule has 0 bridgehead atoms. The third kappa shape index (κ3) is 4.47. The van der Waals surface area contributed by atoms with Crippen LogP contribution in [-0.4, -0.2) is 23.6 Å². The highest BCUT2D eigenvalue weighted by atomic mass is 16.5. The van der Waals surface area contributed by atoms with Gasteiger partial charge in [0.1, 0.15) is 22.8 Å². The molecule has 7 nitrogen and oxygen atoms in total. The van der Waals surface area contributed by atoms with Crippen LogP contribution >= 0.6 is 0 Å². The van der Waals surface area contributed by atoms with Gasteiger partial charge >= 0.3 is 5.97 Å². The monoisotopic (exact) mass is 352 g/mol. The summed E-state index contributed by atoms with van der Waals surface area (Å²) in [5.74, 6) is 0.569. The SMILES string of the molecule is Cc1cc(NC(=O)COC(=O)c2ccccc2Oc2ccccc2)no1. The molecule has 0 atom stereocenters. The Bertz CT molecular complexity index is 905. The van der Waals surface area contributed by atoms with E-state index in [-0.39, 0.29) is 11.4 Å². The second kappa shape index (κ2) is 7.98. The van der Waals surface area contributed by atoms with Crippen LogP contribution in [0.2, 0.25) is 0 Å². The summed E-state index contributed by atoms with van der Waals surface area (Å²) in [6.07, 6.45) is 0. The quantitative estimate of drug-likeness (QED) is 0.682. The fourth-order valence-corrected chi connectivity index (χ4v) is 2.15. The zero-order valence-electron chi connectivity index (χ0n) is 14.0. The standard InChI is InChI=1S/C19H16N2O5/c1-13-11-17(21-26-13)20-18(22)12-24-19(23)15-9-5-6-10-16(15)25-14-7-3-2-4-8-14/h2-11H,12H2,1H3,(H,20,21,22). The Morgan fingerprint density at radius 3 is 2.54 bits per heavy atom. The van der Waals surface area contributed by atoms with E-state index in [4.69, 9.17) is 14.0 Å². The van der Waals surface area contributed by atoms with Crippen molar-refractivity contribution in [3.63, 3.8) is 0 Å². The van der Waals surface area contributed by atoms with Crippen molar-refractivity contribution in [2.45, 2.75) is 6.92 Å². The number of carbonyl (C=O) groups is 2. The number of aromatic nitrogens is 1. The molecule has 3 rings (SSSR count). The molecule has 0 saturated carbocycles. The maximum absolute atomic E-state index is 12.3. The maximum Gasteiger partial charge on any atom is 0.342 e. The first-order chi connectivity index (χ1) is 12.6. The van der Waals surface area contributed by atoms with Crippen LogP contribution < -0.4 is 10.1 Å². The number of para-hydroxylation sites is 2. The van der Waals surface area contributed by atoms with E-state index >= 15 is 0 Å². The largest absolute Gasteiger partial charge is 0.456 e. The van der Waals surface area contributed by atoms with Crippen molar-refractivity contribution >= 4 is 17.7 Å². The van der Waals surface area contributed by atoms with Gasteiger partial charge < -0.3 is 19.3 Å². The minimum Gasteiger partial charge on any atom is -0.456 e. The summed E-state index contributed by atoms with van der Waals surface area (Å²) in [7, 11) is 0. The Morgan fingerprint density at radius 2 is 1.81 bits per heavy atom. The fourth-order valence-electron chi connectivity index (χ4n) is 2.15. The molecule has 1 N–H and O–H groups in total. The Kier molecular flexibility index (Phi) is 5.28. The van der Waals surface area contributed by atoms with Gasteiger partial charge in [-0.25, -0.2) is 4.79 Å². The lowest BCUT2D eigenvalue weighted by Gasteiger charge is -2.10. The Hall–Kier alpha value is -3.61. The number of rotatable bonds is 6. The molecule has 0 saturated heterocycles. The minimum absolute atomic E-state index is 0.224. The van der Waals surface area contributed by atoms with Crippen LogP contribution in [0.3, 0.4) is 0 Å². The highest BCUT2D eigenvalue weighted by molar-refractivity contribution is 5.96. The first-order valence-corrected chi connectivity index (χ1v) is 7.84. The van der Waals surface area contributed by atoms with Crippen molar-refractivity contribution in [1.82, 2.24) is 5.16 Å². The Morgan fingerprint density at radius 1 is 1.08 bits per heavy atom. The van der Waals surface area contributed by atoms with Gasteiger partial charge in [0.15, 0.2) is 12.4 Å². The highest BCUT2D eigenvalue weighted by Crippen LogP contribution is 2.25. The van der Waals surface area contributed by atoms with Crippen LogP contribution in [0.5, 0.6) is 11.5 Å². The molecule has 132 valence electrons. The van der Waals surface area contributed by atoms with Gasteiger partial charge in [0.2, 0.25) is 0 Å². The van der Waals surface area contributed by atoms with E-state index in [1.807, 2.05) is 18.2 Å². The number of benzene rings is 2. The summed E-state index contributed by atoms with van der Waals surface area (Å²) in [5, 5.41) is 6.11. The first-order valence-electron chi connectivity index (χ1n) is 7.84. The van der Waals surface area contributed by atoms with E-state index < -0.39 is 18.5 Å². The molecule has 0 aliphatic rings. The normalized spacial score (nSPS) is 10.2. The summed E-state index contributed by atoms with van der Waals surface area (Å²) in [4.78, 5) is 24.1. The molecule has 0 unspecified atom stereocenters. The predicted molar refractivity (Wildman–Crippen MR) is 93.1 cm³/mol. The molecule has 0 fully saturated rings. The Labute approximate surface area is 149 Å². The number of carbonyl (C=O) groups excluding carboxylic acids is 2. The minimum atomic E-state index is -0.664. The number of aryl methyl sites for hydroxylation is 1. The fraction of sp³-hybridized carbons (Fsp3) is 0.105. The van der Waals surface area contributed by atoms with E-state index in [9.17, 15) is 9.59 Å². The van der Waals surface area contributed by atoms with Gasteiger partial charge in [0, 0.05) is 6.07 Å². The van der Waals surface area contributed by atoms with Crippen molar-refractivity contribution in [2.24, 2.45) is 0 Å². The number of esters is 1. The van der Waals surface area contributed by atoms with E-state index in [0.717, 1.165) is 0 Å². The lowest BCUT2D eigenvalue weighted by atomic mass is 10.2. The second-order valence-electron chi connectivity index (χ2n) is 5.36. The molecule has 0 radical (unpaired) electrons. The summed E-state index contributed by atoms with van der Waals surface area (Å²) in [6, 6.07) is 17.3. The lowest BCUT2D eigenvalue weighted by Crippen LogP contribution is -2.21. The number of amides is 1. The number of hydrogen-bond donors (Lipinski definition) is 1. The van der Waals surface area contributed by atoms with Crippen LogP contribution in [0, 0.1) is 6.92 Å². The van der Waals surface area contributed by atoms with Gasteiger partial charge in [-0.15, -0.1) is 0 Å². The lowest BCUT2D eigenvalue weighted by molar-refractivity contribution is -0.119. The van der Waals surface area contributed by atoms with Crippen molar-refractivity contribution < 1.29 is 23.6 Å². The molecule has 0 aliphatic heterocycles. The summed E-state index contributed by atoms with van der Waals surface area (Å²) in [5.41, 5.74) is 0.224. The molecule has 0 spiro atoms. The molecule has 1 heterocycles. The number of nitrogens with one attached hydrogen (secondary N) is 1. The topological polar surface area (TPSA) is 90.7 Å². The summed E-state index contributed by atoms with van der Waals surface area (Å²) < 4.78 is 15.6. The zero-order chi connectivity index (χ0) is 18.4. The second-order valence-corrected chi connectivity index (χ2v) is 5.36. The van der Waals surface area contributed by atoms with E-state index in [2.05, 4.69) is 10.5 Å². The molecule has 1 aromatic heterocycles. The van der Waals surface area contributed by atoms with E-state index in [0.29, 0.717) is 17.3 Å². The highest BCUT2D eigenvalue weighted by Gasteiger charge is 2.16. The average Bonchev–Trinajstić information content (AvgIpc) is 3.06. The number of nitrogens with zero attached hydrogens (tertiary/aromatic N) is 1. The molecule has 26 heavy (non-hydrogen) atoms. The maximum atomic E-state index is 12.3. The van der Waals surface area contributed by atoms with Crippen LogP contribution in [-0.2, 0) is 9.53 Å². The molecular formula is C19H16N2O5.